The van der Waals surface area contributed by atoms with Crippen molar-refractivity contribution >= 4 is 117 Å². The molecule has 11 rings (SSSR count). The van der Waals surface area contributed by atoms with E-state index in [1.165, 1.54) is 131 Å². The number of nitrogens with zero attached hydrogens (tertiary/aromatic N) is 14. The number of methoxy groups -OCH3 is 1. The molecule has 38 nitrogen and oxygen atoms in total. The van der Waals surface area contributed by atoms with E-state index >= 15 is 0 Å². The van der Waals surface area contributed by atoms with Crippen LogP contribution >= 0.6 is 12.2 Å². The van der Waals surface area contributed by atoms with Gasteiger partial charge >= 0.3 is 59.7 Å². The lowest BCUT2D eigenvalue weighted by Crippen LogP contribution is -2.34. The first-order valence-electron chi connectivity index (χ1n) is 36.7. The number of hydrogen-bond acceptors (Lipinski definition) is 28. The molecule has 1 aromatic carbocycles. The number of aromatic nitrogens is 12. The molecule has 0 bridgehead atoms. The summed E-state index contributed by atoms with van der Waals surface area (Å²) in [5, 5.41) is 85.2. The highest BCUT2D eigenvalue weighted by Gasteiger charge is 2.29. The van der Waals surface area contributed by atoms with Crippen molar-refractivity contribution in [1.29, 1.82) is 0 Å². The zero-order chi connectivity index (χ0) is 95.1. The van der Waals surface area contributed by atoms with Crippen molar-refractivity contribution in [2.24, 2.45) is 9.98 Å². The minimum Gasteiger partial charge on any atom is -0.477 e. The molecule has 10 heterocycles. The number of hydrogen-bond donors (Lipinski definition) is 9. The van der Waals surface area contributed by atoms with Crippen LogP contribution in [0.4, 0.5) is 5.69 Å². The molecule has 39 heteroatoms. The molecule has 9 N–H and O–H groups in total. The normalized spacial score (nSPS) is 10.6. The highest BCUT2D eigenvalue weighted by Crippen LogP contribution is 2.23. The second-order valence-corrected chi connectivity index (χ2v) is 28.0. The van der Waals surface area contributed by atoms with Crippen LogP contribution in [0.1, 0.15) is 240 Å². The van der Waals surface area contributed by atoms with Gasteiger partial charge in [0.1, 0.15) is 62.6 Å². The first-order valence-corrected chi connectivity index (χ1v) is 37.1. The second kappa shape index (κ2) is 49.4. The Labute approximate surface area is 724 Å². The number of benzene rings is 1. The zero-order valence-electron chi connectivity index (χ0n) is 70.4. The van der Waals surface area contributed by atoms with Crippen LogP contribution in [-0.4, -0.2) is 217 Å². The van der Waals surface area contributed by atoms with Gasteiger partial charge in [-0.3, -0.25) is 38.8 Å². The molecule has 0 aliphatic heterocycles. The van der Waals surface area contributed by atoms with E-state index < -0.39 is 70.6 Å². The van der Waals surface area contributed by atoms with Gasteiger partial charge in [-0.1, -0.05) is 78.9 Å². The number of para-hydroxylation sites is 1. The van der Waals surface area contributed by atoms with Crippen LogP contribution in [0, 0.1) is 0 Å². The second-order valence-electron chi connectivity index (χ2n) is 27.4. The molecule has 656 valence electrons. The Kier molecular flexibility index (Phi) is 40.7. The predicted molar refractivity (Wildman–Crippen MR) is 459 cm³/mol. The number of ether oxygens (including phenoxy) is 1. The molecule has 0 aliphatic carbocycles. The number of carbonyl (C=O) groups excluding carboxylic acids is 5. The Bertz CT molecular complexity index is 5690. The molecule has 0 fully saturated rings. The summed E-state index contributed by atoms with van der Waals surface area (Å²) >= 11 is 4.85. The molecule has 0 unspecified atom stereocenters. The molecule has 0 atom stereocenters. The van der Waals surface area contributed by atoms with Gasteiger partial charge in [0, 0.05) is 37.3 Å². The fourth-order valence-corrected chi connectivity index (χ4v) is 9.03. The minimum atomic E-state index is -1.18. The average molecular weight is 1750 g/mol. The Morgan fingerprint density at radius 2 is 0.706 bits per heavy atom. The van der Waals surface area contributed by atoms with Crippen molar-refractivity contribution in [1.82, 2.24) is 59.4 Å². The number of carboxylic acid groups (broad SMARTS) is 9. The lowest BCUT2D eigenvalue weighted by Gasteiger charge is -2.21. The number of ketones is 3. The van der Waals surface area contributed by atoms with Gasteiger partial charge in [0.05, 0.1) is 69.3 Å². The molecule has 126 heavy (non-hydrogen) atoms. The number of thiocarbonyl (C=S) groups is 1. The Hall–Kier alpha value is -16.4. The molecular formula is C87H88N14O24S. The molecule has 11 aromatic rings. The van der Waals surface area contributed by atoms with E-state index in [0.717, 1.165) is 16.1 Å². The first kappa shape index (κ1) is 104. The minimum absolute atomic E-state index is 0.0117. The van der Waals surface area contributed by atoms with Crippen molar-refractivity contribution in [2.75, 3.05) is 7.11 Å². The lowest BCUT2D eigenvalue weighted by atomic mass is 9.85. The van der Waals surface area contributed by atoms with E-state index in [-0.39, 0.29) is 91.4 Å². The fraction of sp³-hybridized carbons (Fsp3) is 0.207. The van der Waals surface area contributed by atoms with Gasteiger partial charge < -0.3 is 50.7 Å². The molecule has 0 aliphatic rings. The van der Waals surface area contributed by atoms with Gasteiger partial charge in [0.15, 0.2) is 23.0 Å². The summed E-state index contributed by atoms with van der Waals surface area (Å²) in [6.07, 6.45) is 4.45. The molecule has 10 aromatic heterocycles. The van der Waals surface area contributed by atoms with Gasteiger partial charge in [-0.25, -0.2) is 87.5 Å². The molecule has 0 spiro atoms. The summed E-state index contributed by atoms with van der Waals surface area (Å²) in [5.41, 5.74) is 3.72. The summed E-state index contributed by atoms with van der Waals surface area (Å²) in [6.45, 7) is 23.7. The van der Waals surface area contributed by atoms with E-state index in [1.54, 1.807) is 121 Å². The maximum atomic E-state index is 11.4. The van der Waals surface area contributed by atoms with Crippen molar-refractivity contribution in [3.05, 3.63) is 292 Å². The zero-order valence-corrected chi connectivity index (χ0v) is 71.3. The van der Waals surface area contributed by atoms with Crippen LogP contribution in [0.2, 0.25) is 0 Å². The van der Waals surface area contributed by atoms with Gasteiger partial charge in [-0.2, -0.15) is 10.2 Å². The van der Waals surface area contributed by atoms with Crippen molar-refractivity contribution < 1.29 is 118 Å². The maximum absolute atomic E-state index is 11.4. The number of aliphatic imine (C=N–C) groups is 2. The third-order valence-corrected chi connectivity index (χ3v) is 16.2. The Morgan fingerprint density at radius 1 is 0.349 bits per heavy atom. The molecule has 0 amide bonds. The number of rotatable bonds is 20. The van der Waals surface area contributed by atoms with Crippen LogP contribution in [0.25, 0.3) is 11.4 Å². The standard InChI is InChI=1S/C14H12N2O2.C12H16N2O2.C11H8N2O2.C11H13NO3.C9H12N2O3.C8H7NO4.C8H7NO3.C8H7NO2S.C6H6N2O3/c1-10(15-11-6-3-2-4-7-11)12-8-5-9-13(16-12)14(17)18;1-8(14-12(2,3)4)9-6-5-7-10(13-9)11(15)16;14-11(15)10-6-3-5-9(13-10)8-4-1-2-7-12-8;1-7(13)11(2,3)9-6-4-5-8(12-9)10(14)15;1-6(12)9(2,3)11-5-4-7(10-11)8(13)14;1-13-8(12)6-4-2-3-5(9-6)7(10)11;1-5(10)6-3-2-4-7(9-6)8(11)12;1-5(12)6-3-2-4-7(9-6)8(10)11;1-4(9)8-3-2-5(7-8)6(10)11/h2-9H,1H3,(H,17,18);5-7H,1-4H3,(H,15,16);1-7H,(H,14,15);4-6H,1-3H3,(H,14,15);4-5H,1-3H3,(H,13,14);2-4H,1H3,(H,10,11);2-4H,1H3,(H,11,12);2-4H,1H3,(H,10,11);2-3H,1H3,(H,10,11). The SMILES string of the molecule is CC(=NC(C)(C)C)c1cccc(C(=O)O)n1.CC(=Nc1ccccc1)c1cccc(C(=O)O)n1.CC(=O)C(C)(C)c1cccc(C(=O)O)n1.CC(=O)C(C)(C)n1ccc(C(=O)O)n1.CC(=O)c1cccc(C(=O)O)n1.CC(=O)n1ccc(C(=O)O)n1.CC(=S)c1cccc(C(=O)O)n1.COC(=O)c1cccc(C(=O)O)n1.O=C(O)c1cccc(-c2ccccn2)n1. The molecule has 0 radical (unpaired) electrons. The number of pyridine rings is 8. The number of carbonyl (C=O) groups is 14. The summed E-state index contributed by atoms with van der Waals surface area (Å²) in [6, 6.07) is 50.0. The fourth-order valence-electron chi connectivity index (χ4n) is 8.91. The van der Waals surface area contributed by atoms with E-state index in [9.17, 15) is 67.1 Å². The first-order chi connectivity index (χ1) is 58.9. The summed E-state index contributed by atoms with van der Waals surface area (Å²) in [5.74, 6) is -11.1. The summed E-state index contributed by atoms with van der Waals surface area (Å²) in [7, 11) is 1.21. The van der Waals surface area contributed by atoms with Gasteiger partial charge in [-0.05, 0) is 204 Å². The molecule has 0 saturated heterocycles. The average Bonchev–Trinajstić information content (AvgIpc) is 1.45. The summed E-state index contributed by atoms with van der Waals surface area (Å²) < 4.78 is 6.71. The van der Waals surface area contributed by atoms with Gasteiger partial charge in [0.2, 0.25) is 5.91 Å². The van der Waals surface area contributed by atoms with E-state index in [0.29, 0.717) is 44.7 Å². The Morgan fingerprint density at radius 3 is 1.09 bits per heavy atom. The monoisotopic (exact) mass is 1740 g/mol. The maximum Gasteiger partial charge on any atom is 0.356 e. The molecule has 0 saturated carbocycles. The number of aromatic carboxylic acids is 9. The third kappa shape index (κ3) is 35.1. The van der Waals surface area contributed by atoms with Crippen LogP contribution in [0.3, 0.4) is 0 Å². The third-order valence-electron chi connectivity index (χ3n) is 16.0. The van der Waals surface area contributed by atoms with Crippen LogP contribution in [0.15, 0.2) is 217 Å². The van der Waals surface area contributed by atoms with Crippen molar-refractivity contribution in [3.8, 4) is 11.4 Å². The molecular weight excluding hydrogens is 1660 g/mol. The van der Waals surface area contributed by atoms with Crippen molar-refractivity contribution in [2.45, 2.75) is 113 Å². The lowest BCUT2D eigenvalue weighted by molar-refractivity contribution is -0.124. The van der Waals surface area contributed by atoms with Gasteiger partial charge in [-0.15, -0.1) is 0 Å². The highest BCUT2D eigenvalue weighted by molar-refractivity contribution is 7.80. The number of Topliss-reactive ketones (excluding diaryl/α,β-unsaturated/α-hetero) is 3. The van der Waals surface area contributed by atoms with E-state index in [4.69, 9.17) is 58.2 Å². The van der Waals surface area contributed by atoms with Gasteiger partial charge in [0.25, 0.3) is 0 Å². The largest absolute Gasteiger partial charge is 0.477 e. The topological polar surface area (TPSA) is 594 Å². The van der Waals surface area contributed by atoms with E-state index in [2.05, 4.69) is 64.8 Å². The Balaban J connectivity index is 0.000000367. The smallest absolute Gasteiger partial charge is 0.356 e. The quantitative estimate of drug-likeness (QED) is 0.0148. The number of esters is 1. The highest BCUT2D eigenvalue weighted by atomic mass is 32.1. The predicted octanol–water partition coefficient (Wildman–Crippen LogP) is 13.0. The van der Waals surface area contributed by atoms with Crippen LogP contribution < -0.4 is 0 Å². The van der Waals surface area contributed by atoms with Crippen LogP contribution in [0.5, 0.6) is 0 Å². The van der Waals surface area contributed by atoms with E-state index in [1.807, 2.05) is 64.1 Å². The summed E-state index contributed by atoms with van der Waals surface area (Å²) in [4.78, 5) is 191. The van der Waals surface area contributed by atoms with Crippen molar-refractivity contribution in [3.63, 3.8) is 0 Å². The van der Waals surface area contributed by atoms with Crippen LogP contribution in [-0.2, 0) is 25.3 Å². The number of carboxylic acids is 9.